The van der Waals surface area contributed by atoms with Crippen LogP contribution < -0.4 is 0 Å². The molecule has 0 saturated heterocycles. The second kappa shape index (κ2) is 2.64. The fourth-order valence-corrected chi connectivity index (χ4v) is 0.821. The zero-order valence-corrected chi connectivity index (χ0v) is 6.26. The van der Waals surface area contributed by atoms with E-state index in [1.807, 2.05) is 6.92 Å². The van der Waals surface area contributed by atoms with Crippen LogP contribution in [0.2, 0.25) is 0 Å². The molecule has 0 aromatic carbocycles. The van der Waals surface area contributed by atoms with Crippen molar-refractivity contribution < 1.29 is 0 Å². The van der Waals surface area contributed by atoms with Crippen molar-refractivity contribution in [1.82, 2.24) is 41.2 Å². The third-order valence-corrected chi connectivity index (χ3v) is 1.50. The van der Waals surface area contributed by atoms with E-state index in [1.54, 1.807) is 0 Å². The monoisotopic (exact) mass is 166 g/mol. The number of hydrogen-bond acceptors (Lipinski definition) is 6. The van der Waals surface area contributed by atoms with Gasteiger partial charge in [0.1, 0.15) is 0 Å². The zero-order chi connectivity index (χ0) is 8.39. The Morgan fingerprint density at radius 3 is 1.83 bits per heavy atom. The highest BCUT2D eigenvalue weighted by Crippen LogP contribution is 2.13. The SMILES string of the molecule is CC(c1nn[nH]n1)c1nn[nH]n1. The van der Waals surface area contributed by atoms with Crippen molar-refractivity contribution in [2.24, 2.45) is 0 Å². The summed E-state index contributed by atoms with van der Waals surface area (Å²) >= 11 is 0. The number of hydrogen-bond donors (Lipinski definition) is 2. The molecule has 2 aromatic heterocycles. The van der Waals surface area contributed by atoms with Crippen molar-refractivity contribution in [3.8, 4) is 0 Å². The Hall–Kier alpha value is -1.86. The molecule has 2 aromatic rings. The lowest BCUT2D eigenvalue weighted by Crippen LogP contribution is -2.01. The molecule has 8 heteroatoms. The topological polar surface area (TPSA) is 109 Å². The molecule has 62 valence electrons. The third-order valence-electron chi connectivity index (χ3n) is 1.50. The number of aromatic amines is 2. The van der Waals surface area contributed by atoms with Crippen LogP contribution in [0.15, 0.2) is 0 Å². The van der Waals surface area contributed by atoms with E-state index in [1.165, 1.54) is 0 Å². The van der Waals surface area contributed by atoms with Crippen LogP contribution in [-0.4, -0.2) is 41.2 Å². The quantitative estimate of drug-likeness (QED) is 0.583. The van der Waals surface area contributed by atoms with E-state index in [4.69, 9.17) is 0 Å². The number of H-pyrrole nitrogens is 2. The number of tetrazole rings is 2. The van der Waals surface area contributed by atoms with Gasteiger partial charge in [-0.2, -0.15) is 10.4 Å². The smallest absolute Gasteiger partial charge is 0.177 e. The Morgan fingerprint density at radius 2 is 1.50 bits per heavy atom. The van der Waals surface area contributed by atoms with Crippen molar-refractivity contribution in [2.45, 2.75) is 12.8 Å². The summed E-state index contributed by atoms with van der Waals surface area (Å²) in [5, 5.41) is 26.8. The zero-order valence-electron chi connectivity index (χ0n) is 6.26. The van der Waals surface area contributed by atoms with Crippen molar-refractivity contribution in [1.29, 1.82) is 0 Å². The average molecular weight is 166 g/mol. The molecule has 0 unspecified atom stereocenters. The first-order valence-corrected chi connectivity index (χ1v) is 3.34. The van der Waals surface area contributed by atoms with Crippen molar-refractivity contribution in [3.05, 3.63) is 11.6 Å². The van der Waals surface area contributed by atoms with Crippen LogP contribution >= 0.6 is 0 Å². The molecule has 0 aliphatic rings. The lowest BCUT2D eigenvalue weighted by atomic mass is 10.1. The fourth-order valence-electron chi connectivity index (χ4n) is 0.821. The summed E-state index contributed by atoms with van der Waals surface area (Å²) in [4.78, 5) is 0. The molecule has 12 heavy (non-hydrogen) atoms. The van der Waals surface area contributed by atoms with Crippen LogP contribution in [0.4, 0.5) is 0 Å². The maximum absolute atomic E-state index is 3.80. The van der Waals surface area contributed by atoms with Gasteiger partial charge in [-0.15, -0.1) is 20.4 Å². The first kappa shape index (κ1) is 6.83. The van der Waals surface area contributed by atoms with Crippen molar-refractivity contribution in [3.63, 3.8) is 0 Å². The van der Waals surface area contributed by atoms with Gasteiger partial charge in [0.25, 0.3) is 0 Å². The first-order valence-electron chi connectivity index (χ1n) is 3.34. The van der Waals surface area contributed by atoms with Gasteiger partial charge in [0.15, 0.2) is 11.6 Å². The van der Waals surface area contributed by atoms with Crippen LogP contribution in [0.3, 0.4) is 0 Å². The van der Waals surface area contributed by atoms with Crippen molar-refractivity contribution >= 4 is 0 Å². The van der Waals surface area contributed by atoms with Gasteiger partial charge in [-0.3, -0.25) is 0 Å². The van der Waals surface area contributed by atoms with Gasteiger partial charge in [0, 0.05) is 0 Å². The Kier molecular flexibility index (Phi) is 1.50. The molecule has 0 aliphatic heterocycles. The maximum Gasteiger partial charge on any atom is 0.185 e. The molecular formula is C4H6N8. The molecular weight excluding hydrogens is 160 g/mol. The highest BCUT2D eigenvalue weighted by molar-refractivity contribution is 5.03. The molecule has 0 aliphatic carbocycles. The molecule has 0 amide bonds. The van der Waals surface area contributed by atoms with Gasteiger partial charge >= 0.3 is 0 Å². The highest BCUT2D eigenvalue weighted by atomic mass is 15.5. The Balaban J connectivity index is 2.27. The Bertz CT molecular complexity index is 288. The van der Waals surface area contributed by atoms with E-state index in [0.29, 0.717) is 11.6 Å². The van der Waals surface area contributed by atoms with E-state index in [-0.39, 0.29) is 5.92 Å². The van der Waals surface area contributed by atoms with Crippen LogP contribution in [0.5, 0.6) is 0 Å². The summed E-state index contributed by atoms with van der Waals surface area (Å²) < 4.78 is 0. The average Bonchev–Trinajstić information content (AvgIpc) is 2.77. The molecule has 2 rings (SSSR count). The molecule has 0 spiro atoms. The summed E-state index contributed by atoms with van der Waals surface area (Å²) in [6, 6.07) is 0. The first-order chi connectivity index (χ1) is 5.88. The molecule has 0 bridgehead atoms. The van der Waals surface area contributed by atoms with Gasteiger partial charge in [-0.25, -0.2) is 0 Å². The second-order valence-electron chi connectivity index (χ2n) is 2.26. The lowest BCUT2D eigenvalue weighted by molar-refractivity contribution is 0.757. The predicted octanol–water partition coefficient (Wildman–Crippen LogP) is -1.14. The van der Waals surface area contributed by atoms with Crippen LogP contribution in [0.25, 0.3) is 0 Å². The minimum absolute atomic E-state index is 0.0949. The molecule has 2 heterocycles. The van der Waals surface area contributed by atoms with Crippen LogP contribution in [-0.2, 0) is 0 Å². The normalized spacial score (nSPS) is 10.8. The van der Waals surface area contributed by atoms with Crippen LogP contribution in [0.1, 0.15) is 24.5 Å². The third kappa shape index (κ3) is 1.02. The minimum Gasteiger partial charge on any atom is -0.177 e. The lowest BCUT2D eigenvalue weighted by Gasteiger charge is -1.96. The van der Waals surface area contributed by atoms with E-state index >= 15 is 0 Å². The number of nitrogens with zero attached hydrogens (tertiary/aromatic N) is 6. The summed E-state index contributed by atoms with van der Waals surface area (Å²) in [5.74, 6) is 1.01. The molecule has 0 atom stereocenters. The van der Waals surface area contributed by atoms with Gasteiger partial charge in [0.2, 0.25) is 0 Å². The Morgan fingerprint density at radius 1 is 1.00 bits per heavy atom. The maximum atomic E-state index is 3.80. The van der Waals surface area contributed by atoms with Gasteiger partial charge in [-0.1, -0.05) is 10.4 Å². The van der Waals surface area contributed by atoms with Gasteiger partial charge < -0.3 is 0 Å². The summed E-state index contributed by atoms with van der Waals surface area (Å²) in [6.45, 7) is 1.87. The van der Waals surface area contributed by atoms with Crippen molar-refractivity contribution in [2.75, 3.05) is 0 Å². The standard InChI is InChI=1S/C4H6N8/c1-2(3-5-9-10-6-3)4-7-11-12-8-4/h2H,1H3,(H,5,6,9,10)(H,7,8,11,12). The van der Waals surface area contributed by atoms with Crippen LogP contribution in [0, 0.1) is 0 Å². The van der Waals surface area contributed by atoms with E-state index in [2.05, 4.69) is 41.2 Å². The van der Waals surface area contributed by atoms with E-state index < -0.39 is 0 Å². The number of nitrogens with one attached hydrogen (secondary N) is 2. The van der Waals surface area contributed by atoms with E-state index in [9.17, 15) is 0 Å². The minimum atomic E-state index is -0.0949. The summed E-state index contributed by atoms with van der Waals surface area (Å²) in [7, 11) is 0. The molecule has 0 fully saturated rings. The summed E-state index contributed by atoms with van der Waals surface area (Å²) in [6.07, 6.45) is 0. The number of rotatable bonds is 2. The molecule has 8 nitrogen and oxygen atoms in total. The summed E-state index contributed by atoms with van der Waals surface area (Å²) in [5.41, 5.74) is 0. The number of aromatic nitrogens is 8. The second-order valence-corrected chi connectivity index (χ2v) is 2.26. The molecule has 0 saturated carbocycles. The van der Waals surface area contributed by atoms with Gasteiger partial charge in [-0.05, 0) is 6.92 Å². The predicted molar refractivity (Wildman–Crippen MR) is 35.9 cm³/mol. The molecule has 2 N–H and O–H groups in total. The fraction of sp³-hybridized carbons (Fsp3) is 0.500. The largest absolute Gasteiger partial charge is 0.185 e. The van der Waals surface area contributed by atoms with Gasteiger partial charge in [0.05, 0.1) is 5.92 Å². The highest BCUT2D eigenvalue weighted by Gasteiger charge is 2.16. The van der Waals surface area contributed by atoms with E-state index in [0.717, 1.165) is 0 Å². The Labute approximate surface area is 66.8 Å². The molecule has 0 radical (unpaired) electrons.